The van der Waals surface area contributed by atoms with Crippen molar-refractivity contribution in [3.05, 3.63) is 35.4 Å². The molecule has 2 fully saturated rings. The number of amides is 2. The quantitative estimate of drug-likeness (QED) is 0.685. The molecule has 2 aliphatic rings. The molecule has 0 radical (unpaired) electrons. The highest BCUT2D eigenvalue weighted by Gasteiger charge is 2.36. The molecule has 0 unspecified atom stereocenters. The van der Waals surface area contributed by atoms with Crippen LogP contribution in [0, 0.1) is 0 Å². The molecule has 7 heteroatoms. The lowest BCUT2D eigenvalue weighted by Gasteiger charge is -2.33. The number of hydrogen-bond acceptors (Lipinski definition) is 3. The number of rotatable bonds is 7. The Bertz CT molecular complexity index is 807. The van der Waals surface area contributed by atoms with Gasteiger partial charge in [0.2, 0.25) is 10.0 Å². The molecule has 168 valence electrons. The number of benzene rings is 1. The number of sulfonamides is 1. The fraction of sp³-hybridized carbons (Fsp3) is 0.696. The van der Waals surface area contributed by atoms with Gasteiger partial charge in [-0.1, -0.05) is 51.0 Å². The first-order valence-corrected chi connectivity index (χ1v) is 13.0. The van der Waals surface area contributed by atoms with Crippen molar-refractivity contribution < 1.29 is 13.2 Å². The Balaban J connectivity index is 1.54. The van der Waals surface area contributed by atoms with Crippen LogP contribution in [0.1, 0.15) is 76.3 Å². The van der Waals surface area contributed by atoms with Gasteiger partial charge in [-0.15, -0.1) is 0 Å². The molecule has 1 saturated heterocycles. The summed E-state index contributed by atoms with van der Waals surface area (Å²) in [7, 11) is -3.14. The normalized spacial score (nSPS) is 20.4. The summed E-state index contributed by atoms with van der Waals surface area (Å²) in [6, 6.07) is 8.81. The molecule has 1 aliphatic carbocycles. The van der Waals surface area contributed by atoms with E-state index in [1.807, 2.05) is 0 Å². The van der Waals surface area contributed by atoms with Gasteiger partial charge in [0.15, 0.2) is 0 Å². The molecule has 2 N–H and O–H groups in total. The molecular formula is C23H37N3O3S. The van der Waals surface area contributed by atoms with E-state index in [0.29, 0.717) is 38.4 Å². The molecule has 1 aromatic rings. The van der Waals surface area contributed by atoms with Crippen molar-refractivity contribution in [1.82, 2.24) is 14.9 Å². The van der Waals surface area contributed by atoms with Crippen molar-refractivity contribution in [2.24, 2.45) is 0 Å². The molecule has 1 heterocycles. The van der Waals surface area contributed by atoms with Gasteiger partial charge in [-0.3, -0.25) is 0 Å². The van der Waals surface area contributed by atoms with E-state index >= 15 is 0 Å². The monoisotopic (exact) mass is 435 g/mol. The number of nitrogens with zero attached hydrogens (tertiary/aromatic N) is 1. The lowest BCUT2D eigenvalue weighted by atomic mass is 9.78. The summed E-state index contributed by atoms with van der Waals surface area (Å²) >= 11 is 0. The van der Waals surface area contributed by atoms with E-state index in [-0.39, 0.29) is 23.2 Å². The van der Waals surface area contributed by atoms with Crippen molar-refractivity contribution >= 4 is 16.1 Å². The van der Waals surface area contributed by atoms with Crippen molar-refractivity contribution in [2.75, 3.05) is 25.4 Å². The number of hydrogen-bond donors (Lipinski definition) is 2. The molecule has 2 amide bonds. The fourth-order valence-electron chi connectivity index (χ4n) is 4.79. The molecular weight excluding hydrogens is 398 g/mol. The van der Waals surface area contributed by atoms with Gasteiger partial charge in [0, 0.05) is 31.1 Å². The maximum Gasteiger partial charge on any atom is 0.315 e. The van der Waals surface area contributed by atoms with Gasteiger partial charge in [0.05, 0.1) is 5.75 Å². The van der Waals surface area contributed by atoms with E-state index in [2.05, 4.69) is 48.7 Å². The zero-order valence-corrected chi connectivity index (χ0v) is 19.4. The Hall–Kier alpha value is -1.60. The average molecular weight is 436 g/mol. The van der Waals surface area contributed by atoms with Gasteiger partial charge < -0.3 is 10.6 Å². The van der Waals surface area contributed by atoms with Crippen LogP contribution < -0.4 is 10.6 Å². The number of carbonyl (C=O) groups excluding carboxylic acids is 1. The Morgan fingerprint density at radius 1 is 1.13 bits per heavy atom. The summed E-state index contributed by atoms with van der Waals surface area (Å²) < 4.78 is 25.5. The topological polar surface area (TPSA) is 78.5 Å². The minimum absolute atomic E-state index is 0.0193. The van der Waals surface area contributed by atoms with E-state index in [9.17, 15) is 13.2 Å². The third-order valence-corrected chi connectivity index (χ3v) is 8.77. The van der Waals surface area contributed by atoms with E-state index < -0.39 is 10.0 Å². The van der Waals surface area contributed by atoms with Crippen LogP contribution in [-0.4, -0.2) is 50.2 Å². The van der Waals surface area contributed by atoms with Gasteiger partial charge in [0.1, 0.15) is 0 Å². The van der Waals surface area contributed by atoms with Crippen LogP contribution in [0.25, 0.3) is 0 Å². The second-order valence-electron chi connectivity index (χ2n) is 9.17. The molecule has 1 saturated carbocycles. The van der Waals surface area contributed by atoms with E-state index in [0.717, 1.165) is 12.8 Å². The number of nitrogens with one attached hydrogen (secondary N) is 2. The van der Waals surface area contributed by atoms with Gasteiger partial charge in [-0.05, 0) is 49.7 Å². The molecule has 6 nitrogen and oxygen atoms in total. The first-order valence-electron chi connectivity index (χ1n) is 11.4. The number of urea groups is 1. The SMILES string of the molecule is CCS(=O)(=O)N1CCC(NC(=O)NCC2(c3ccc(C(C)C)cc3)CCCC2)CC1. The maximum absolute atomic E-state index is 12.6. The van der Waals surface area contributed by atoms with Crippen molar-refractivity contribution in [3.63, 3.8) is 0 Å². The second-order valence-corrected chi connectivity index (χ2v) is 11.4. The predicted octanol–water partition coefficient (Wildman–Crippen LogP) is 3.74. The first kappa shape index (κ1) is 23.1. The number of piperidine rings is 1. The molecule has 30 heavy (non-hydrogen) atoms. The standard InChI is InChI=1S/C23H37N3O3S/c1-4-30(28,29)26-15-11-21(12-16-26)25-22(27)24-17-23(13-5-6-14-23)20-9-7-19(8-10-20)18(2)3/h7-10,18,21H,4-6,11-17H2,1-3H3,(H2,24,25,27). The van der Waals surface area contributed by atoms with Crippen LogP contribution in [0.15, 0.2) is 24.3 Å². The van der Waals surface area contributed by atoms with E-state index in [1.54, 1.807) is 6.92 Å². The molecule has 0 bridgehead atoms. The molecule has 1 aliphatic heterocycles. The molecule has 0 spiro atoms. The second kappa shape index (κ2) is 9.69. The smallest absolute Gasteiger partial charge is 0.315 e. The fourth-order valence-corrected chi connectivity index (χ4v) is 5.92. The van der Waals surface area contributed by atoms with E-state index in [4.69, 9.17) is 0 Å². The van der Waals surface area contributed by atoms with Crippen LogP contribution in [0.3, 0.4) is 0 Å². The van der Waals surface area contributed by atoms with Crippen LogP contribution in [0.5, 0.6) is 0 Å². The molecule has 3 rings (SSSR count). The molecule has 1 aromatic carbocycles. The summed E-state index contributed by atoms with van der Waals surface area (Å²) in [6.07, 6.45) is 5.91. The van der Waals surface area contributed by atoms with Crippen molar-refractivity contribution in [1.29, 1.82) is 0 Å². The molecule has 0 aromatic heterocycles. The zero-order chi connectivity index (χ0) is 21.8. The predicted molar refractivity (Wildman–Crippen MR) is 121 cm³/mol. The van der Waals surface area contributed by atoms with Crippen LogP contribution >= 0.6 is 0 Å². The molecule has 0 atom stereocenters. The van der Waals surface area contributed by atoms with Crippen LogP contribution in [-0.2, 0) is 15.4 Å². The largest absolute Gasteiger partial charge is 0.337 e. The summed E-state index contributed by atoms with van der Waals surface area (Å²) in [5.41, 5.74) is 2.68. The third kappa shape index (κ3) is 5.35. The summed E-state index contributed by atoms with van der Waals surface area (Å²) in [4.78, 5) is 12.6. The minimum Gasteiger partial charge on any atom is -0.337 e. The Morgan fingerprint density at radius 2 is 1.73 bits per heavy atom. The lowest BCUT2D eigenvalue weighted by Crippen LogP contribution is -2.51. The van der Waals surface area contributed by atoms with E-state index in [1.165, 1.54) is 28.3 Å². The van der Waals surface area contributed by atoms with Gasteiger partial charge in [-0.25, -0.2) is 17.5 Å². The lowest BCUT2D eigenvalue weighted by molar-refractivity contribution is 0.224. The summed E-state index contributed by atoms with van der Waals surface area (Å²) in [5.74, 6) is 0.646. The van der Waals surface area contributed by atoms with Crippen LogP contribution in [0.2, 0.25) is 0 Å². The highest BCUT2D eigenvalue weighted by atomic mass is 32.2. The number of carbonyl (C=O) groups is 1. The highest BCUT2D eigenvalue weighted by Crippen LogP contribution is 2.41. The zero-order valence-electron chi connectivity index (χ0n) is 18.6. The minimum atomic E-state index is -3.14. The van der Waals surface area contributed by atoms with Crippen LogP contribution in [0.4, 0.5) is 4.79 Å². The summed E-state index contributed by atoms with van der Waals surface area (Å²) in [6.45, 7) is 7.68. The third-order valence-electron chi connectivity index (χ3n) is 6.89. The Morgan fingerprint density at radius 3 is 2.27 bits per heavy atom. The Labute approximate surface area is 181 Å². The first-order chi connectivity index (χ1) is 14.3. The Kier molecular flexibility index (Phi) is 7.45. The maximum atomic E-state index is 12.6. The van der Waals surface area contributed by atoms with Crippen molar-refractivity contribution in [2.45, 2.75) is 76.7 Å². The summed E-state index contributed by atoms with van der Waals surface area (Å²) in [5, 5.41) is 6.17. The van der Waals surface area contributed by atoms with Crippen molar-refractivity contribution in [3.8, 4) is 0 Å². The van der Waals surface area contributed by atoms with Gasteiger partial charge in [-0.2, -0.15) is 0 Å². The van der Waals surface area contributed by atoms with Gasteiger partial charge in [0.25, 0.3) is 0 Å². The average Bonchev–Trinajstić information content (AvgIpc) is 3.23. The van der Waals surface area contributed by atoms with Gasteiger partial charge >= 0.3 is 6.03 Å². The highest BCUT2D eigenvalue weighted by molar-refractivity contribution is 7.89.